The summed E-state index contributed by atoms with van der Waals surface area (Å²) < 4.78 is 0. The summed E-state index contributed by atoms with van der Waals surface area (Å²) in [7, 11) is 0. The van der Waals surface area contributed by atoms with Gasteiger partial charge in [0.15, 0.2) is 0 Å². The Labute approximate surface area is 152 Å². The first-order chi connectivity index (χ1) is 12.2. The smallest absolute Gasteiger partial charge is 0.0349 e. The highest BCUT2D eigenvalue weighted by Crippen LogP contribution is 2.39. The van der Waals surface area contributed by atoms with Crippen LogP contribution in [-0.4, -0.2) is 31.1 Å². The standard InChI is InChI=1S/C23H30N2/c1-17(2)7-10-23(25-13-11-24-12-14-25)19-8-9-22-20(16-19)15-18-5-3-4-6-21(18)22/h3-6,8-9,16-17,23-24H,7,10-15H2,1-2H3/t23-/m1/s1. The zero-order chi connectivity index (χ0) is 17.2. The first-order valence-corrected chi connectivity index (χ1v) is 9.88. The molecule has 1 aliphatic heterocycles. The zero-order valence-corrected chi connectivity index (χ0v) is 15.6. The quantitative estimate of drug-likeness (QED) is 0.731. The van der Waals surface area contributed by atoms with Gasteiger partial charge in [-0.1, -0.05) is 56.3 Å². The molecule has 132 valence electrons. The average Bonchev–Trinajstić information content (AvgIpc) is 3.00. The number of piperazine rings is 1. The lowest BCUT2D eigenvalue weighted by molar-refractivity contribution is 0.160. The molecular formula is C23H30N2. The van der Waals surface area contributed by atoms with Crippen LogP contribution in [-0.2, 0) is 6.42 Å². The molecule has 1 aliphatic carbocycles. The molecule has 0 saturated carbocycles. The molecule has 2 aromatic carbocycles. The minimum Gasteiger partial charge on any atom is -0.314 e. The molecule has 1 atom stereocenters. The molecular weight excluding hydrogens is 304 g/mol. The van der Waals surface area contributed by atoms with Crippen LogP contribution < -0.4 is 5.32 Å². The summed E-state index contributed by atoms with van der Waals surface area (Å²) in [5.41, 5.74) is 7.40. The summed E-state index contributed by atoms with van der Waals surface area (Å²) in [5.74, 6) is 0.768. The molecule has 0 radical (unpaired) electrons. The summed E-state index contributed by atoms with van der Waals surface area (Å²) in [4.78, 5) is 2.70. The Bertz CT molecular complexity index is 729. The number of rotatable bonds is 5. The maximum Gasteiger partial charge on any atom is 0.0349 e. The van der Waals surface area contributed by atoms with Gasteiger partial charge in [-0.05, 0) is 53.0 Å². The molecule has 1 saturated heterocycles. The zero-order valence-electron chi connectivity index (χ0n) is 15.6. The fourth-order valence-corrected chi connectivity index (χ4v) is 4.42. The Morgan fingerprint density at radius 3 is 2.48 bits per heavy atom. The van der Waals surface area contributed by atoms with Crippen molar-refractivity contribution in [2.75, 3.05) is 26.2 Å². The average molecular weight is 335 g/mol. The molecule has 1 fully saturated rings. The summed E-state index contributed by atoms with van der Waals surface area (Å²) >= 11 is 0. The van der Waals surface area contributed by atoms with Gasteiger partial charge in [0.2, 0.25) is 0 Å². The highest BCUT2D eigenvalue weighted by atomic mass is 15.2. The van der Waals surface area contributed by atoms with Gasteiger partial charge >= 0.3 is 0 Å². The van der Waals surface area contributed by atoms with Crippen molar-refractivity contribution in [2.24, 2.45) is 5.92 Å². The van der Waals surface area contributed by atoms with E-state index in [1.807, 2.05) is 0 Å². The van der Waals surface area contributed by atoms with Gasteiger partial charge in [-0.25, -0.2) is 0 Å². The number of nitrogens with zero attached hydrogens (tertiary/aromatic N) is 1. The van der Waals surface area contributed by atoms with Crippen molar-refractivity contribution < 1.29 is 0 Å². The van der Waals surface area contributed by atoms with Crippen LogP contribution in [0.2, 0.25) is 0 Å². The molecule has 2 aromatic rings. The van der Waals surface area contributed by atoms with Crippen molar-refractivity contribution in [3.05, 3.63) is 59.2 Å². The van der Waals surface area contributed by atoms with Crippen LogP contribution in [0.4, 0.5) is 0 Å². The lowest BCUT2D eigenvalue weighted by atomic mass is 9.93. The second-order valence-electron chi connectivity index (χ2n) is 8.02. The van der Waals surface area contributed by atoms with Gasteiger partial charge < -0.3 is 5.32 Å². The second-order valence-corrected chi connectivity index (χ2v) is 8.02. The van der Waals surface area contributed by atoms with Gasteiger partial charge in [-0.2, -0.15) is 0 Å². The minimum atomic E-state index is 0.568. The molecule has 2 aliphatic rings. The van der Waals surface area contributed by atoms with Crippen molar-refractivity contribution in [1.29, 1.82) is 0 Å². The summed E-state index contributed by atoms with van der Waals surface area (Å²) in [5, 5.41) is 3.50. The molecule has 0 bridgehead atoms. The van der Waals surface area contributed by atoms with E-state index in [2.05, 4.69) is 66.5 Å². The van der Waals surface area contributed by atoms with Crippen molar-refractivity contribution in [3.63, 3.8) is 0 Å². The van der Waals surface area contributed by atoms with Gasteiger partial charge in [-0.15, -0.1) is 0 Å². The van der Waals surface area contributed by atoms with E-state index in [1.54, 1.807) is 0 Å². The van der Waals surface area contributed by atoms with Crippen LogP contribution in [0.3, 0.4) is 0 Å². The van der Waals surface area contributed by atoms with Crippen LogP contribution in [0.25, 0.3) is 11.1 Å². The van der Waals surface area contributed by atoms with Crippen LogP contribution in [0.15, 0.2) is 42.5 Å². The number of hydrogen-bond acceptors (Lipinski definition) is 2. The molecule has 1 heterocycles. The van der Waals surface area contributed by atoms with E-state index in [1.165, 1.54) is 53.7 Å². The Balaban J connectivity index is 1.62. The highest BCUT2D eigenvalue weighted by molar-refractivity contribution is 5.77. The third kappa shape index (κ3) is 3.51. The van der Waals surface area contributed by atoms with Crippen molar-refractivity contribution in [2.45, 2.75) is 39.2 Å². The van der Waals surface area contributed by atoms with E-state index >= 15 is 0 Å². The van der Waals surface area contributed by atoms with Crippen molar-refractivity contribution in [3.8, 4) is 11.1 Å². The summed E-state index contributed by atoms with van der Waals surface area (Å²) in [6.07, 6.45) is 3.66. The molecule has 0 amide bonds. The SMILES string of the molecule is CC(C)CC[C@H](c1ccc2c(c1)Cc1ccccc1-2)N1CCNCC1. The molecule has 2 heteroatoms. The predicted octanol–water partition coefficient (Wildman–Crippen LogP) is 4.64. The molecule has 0 spiro atoms. The minimum absolute atomic E-state index is 0.568. The topological polar surface area (TPSA) is 15.3 Å². The summed E-state index contributed by atoms with van der Waals surface area (Å²) in [6.45, 7) is 9.26. The monoisotopic (exact) mass is 334 g/mol. The third-order valence-electron chi connectivity index (χ3n) is 5.81. The first-order valence-electron chi connectivity index (χ1n) is 9.88. The van der Waals surface area contributed by atoms with Gasteiger partial charge in [-0.3, -0.25) is 4.90 Å². The number of fused-ring (bicyclic) bond motifs is 3. The number of nitrogens with one attached hydrogen (secondary N) is 1. The van der Waals surface area contributed by atoms with Gasteiger partial charge in [0, 0.05) is 32.2 Å². The molecule has 2 nitrogen and oxygen atoms in total. The number of hydrogen-bond donors (Lipinski definition) is 1. The molecule has 25 heavy (non-hydrogen) atoms. The van der Waals surface area contributed by atoms with Crippen molar-refractivity contribution in [1.82, 2.24) is 10.2 Å². The second kappa shape index (κ2) is 7.31. The maximum atomic E-state index is 3.50. The van der Waals surface area contributed by atoms with E-state index in [0.29, 0.717) is 6.04 Å². The maximum absolute atomic E-state index is 3.50. The molecule has 4 rings (SSSR count). The molecule has 0 unspecified atom stereocenters. The Morgan fingerprint density at radius 2 is 1.68 bits per heavy atom. The fourth-order valence-electron chi connectivity index (χ4n) is 4.42. The van der Waals surface area contributed by atoms with Crippen LogP contribution in [0, 0.1) is 5.92 Å². The molecule has 1 N–H and O–H groups in total. The van der Waals surface area contributed by atoms with E-state index in [-0.39, 0.29) is 0 Å². The van der Waals surface area contributed by atoms with Crippen LogP contribution in [0.5, 0.6) is 0 Å². The van der Waals surface area contributed by atoms with E-state index in [9.17, 15) is 0 Å². The Hall–Kier alpha value is -1.64. The van der Waals surface area contributed by atoms with E-state index in [4.69, 9.17) is 0 Å². The van der Waals surface area contributed by atoms with Gasteiger partial charge in [0.1, 0.15) is 0 Å². The van der Waals surface area contributed by atoms with Crippen LogP contribution in [0.1, 0.15) is 49.4 Å². The van der Waals surface area contributed by atoms with E-state index in [0.717, 1.165) is 25.4 Å². The Kier molecular flexibility index (Phi) is 4.91. The van der Waals surface area contributed by atoms with Crippen LogP contribution >= 0.6 is 0 Å². The Morgan fingerprint density at radius 1 is 0.920 bits per heavy atom. The lowest BCUT2D eigenvalue weighted by Gasteiger charge is -2.36. The normalized spacial score (nSPS) is 18.2. The van der Waals surface area contributed by atoms with Gasteiger partial charge in [0.25, 0.3) is 0 Å². The largest absolute Gasteiger partial charge is 0.314 e. The predicted molar refractivity (Wildman–Crippen MR) is 106 cm³/mol. The molecule has 0 aromatic heterocycles. The number of benzene rings is 2. The van der Waals surface area contributed by atoms with Crippen molar-refractivity contribution >= 4 is 0 Å². The third-order valence-corrected chi connectivity index (χ3v) is 5.81. The fraction of sp³-hybridized carbons (Fsp3) is 0.478. The highest BCUT2D eigenvalue weighted by Gasteiger charge is 2.25. The summed E-state index contributed by atoms with van der Waals surface area (Å²) in [6, 6.07) is 16.7. The lowest BCUT2D eigenvalue weighted by Crippen LogP contribution is -2.45. The first kappa shape index (κ1) is 16.8. The van der Waals surface area contributed by atoms with E-state index < -0.39 is 0 Å². The van der Waals surface area contributed by atoms with Gasteiger partial charge in [0.05, 0.1) is 0 Å².